The van der Waals surface area contributed by atoms with Crippen molar-refractivity contribution in [2.75, 3.05) is 26.7 Å². The maximum atomic E-state index is 5.21. The molecule has 0 amide bonds. The van der Waals surface area contributed by atoms with E-state index in [1.165, 1.54) is 5.56 Å². The van der Waals surface area contributed by atoms with Gasteiger partial charge in [0.1, 0.15) is 5.75 Å². The van der Waals surface area contributed by atoms with Gasteiger partial charge in [-0.05, 0) is 37.0 Å². The number of piperazine rings is 1. The van der Waals surface area contributed by atoms with Crippen LogP contribution in [-0.2, 0) is 6.42 Å². The van der Waals surface area contributed by atoms with Crippen LogP contribution in [0.5, 0.6) is 5.75 Å². The first-order valence-corrected chi connectivity index (χ1v) is 7.70. The molecule has 0 radical (unpaired) electrons. The summed E-state index contributed by atoms with van der Waals surface area (Å²) >= 11 is 0. The molecule has 20 heavy (non-hydrogen) atoms. The summed E-state index contributed by atoms with van der Waals surface area (Å²) in [5.41, 5.74) is 1.39. The first-order valence-electron chi connectivity index (χ1n) is 7.70. The van der Waals surface area contributed by atoms with E-state index in [1.807, 2.05) is 0 Å². The smallest absolute Gasteiger partial charge is 0.118 e. The highest BCUT2D eigenvalue weighted by Crippen LogP contribution is 2.17. The van der Waals surface area contributed by atoms with E-state index in [2.05, 4.69) is 55.3 Å². The van der Waals surface area contributed by atoms with Gasteiger partial charge in [0.25, 0.3) is 0 Å². The molecule has 1 aliphatic heterocycles. The lowest BCUT2D eigenvalue weighted by Crippen LogP contribution is -2.57. The standard InChI is InChI=1S/C17H28N2O/c1-13(2)17-11-18-14(3)12-19(17)10-9-15-5-7-16(20-4)8-6-15/h5-8,13-14,17-18H,9-12H2,1-4H3. The van der Waals surface area contributed by atoms with E-state index in [0.717, 1.165) is 31.8 Å². The van der Waals surface area contributed by atoms with Crippen LogP contribution in [0.15, 0.2) is 24.3 Å². The molecule has 0 bridgehead atoms. The minimum absolute atomic E-state index is 0.598. The van der Waals surface area contributed by atoms with Crippen LogP contribution in [0.25, 0.3) is 0 Å². The number of rotatable bonds is 5. The zero-order valence-electron chi connectivity index (χ0n) is 13.2. The number of nitrogens with one attached hydrogen (secondary N) is 1. The zero-order chi connectivity index (χ0) is 14.5. The normalized spacial score (nSPS) is 24.1. The maximum absolute atomic E-state index is 5.21. The van der Waals surface area contributed by atoms with E-state index in [4.69, 9.17) is 4.74 Å². The third-order valence-electron chi connectivity index (χ3n) is 4.27. The lowest BCUT2D eigenvalue weighted by Gasteiger charge is -2.41. The van der Waals surface area contributed by atoms with Gasteiger partial charge >= 0.3 is 0 Å². The van der Waals surface area contributed by atoms with Crippen molar-refractivity contribution >= 4 is 0 Å². The number of methoxy groups -OCH3 is 1. The summed E-state index contributed by atoms with van der Waals surface area (Å²) in [5, 5.41) is 3.60. The Morgan fingerprint density at radius 2 is 2.00 bits per heavy atom. The van der Waals surface area contributed by atoms with Crippen molar-refractivity contribution in [2.24, 2.45) is 5.92 Å². The highest BCUT2D eigenvalue weighted by atomic mass is 16.5. The molecule has 3 nitrogen and oxygen atoms in total. The molecule has 1 fully saturated rings. The van der Waals surface area contributed by atoms with Gasteiger partial charge in [0.15, 0.2) is 0 Å². The van der Waals surface area contributed by atoms with E-state index in [0.29, 0.717) is 18.0 Å². The van der Waals surface area contributed by atoms with E-state index < -0.39 is 0 Å². The summed E-state index contributed by atoms with van der Waals surface area (Å²) in [5.74, 6) is 1.63. The fourth-order valence-corrected chi connectivity index (χ4v) is 2.98. The van der Waals surface area contributed by atoms with Gasteiger partial charge in [-0.15, -0.1) is 0 Å². The molecular formula is C17H28N2O. The van der Waals surface area contributed by atoms with Crippen LogP contribution in [-0.4, -0.2) is 43.7 Å². The first kappa shape index (κ1) is 15.3. The molecule has 0 aliphatic carbocycles. The summed E-state index contributed by atoms with van der Waals surface area (Å²) in [7, 11) is 1.71. The number of ether oxygens (including phenoxy) is 1. The number of nitrogens with zero attached hydrogens (tertiary/aromatic N) is 1. The molecule has 1 aromatic rings. The molecular weight excluding hydrogens is 248 g/mol. The largest absolute Gasteiger partial charge is 0.497 e. The van der Waals surface area contributed by atoms with Crippen LogP contribution >= 0.6 is 0 Å². The average Bonchev–Trinajstić information content (AvgIpc) is 2.45. The minimum atomic E-state index is 0.598. The van der Waals surface area contributed by atoms with Crippen LogP contribution in [0.4, 0.5) is 0 Å². The quantitative estimate of drug-likeness (QED) is 0.894. The van der Waals surface area contributed by atoms with Crippen molar-refractivity contribution < 1.29 is 4.74 Å². The van der Waals surface area contributed by atoms with Crippen LogP contribution in [0, 0.1) is 5.92 Å². The minimum Gasteiger partial charge on any atom is -0.497 e. The predicted octanol–water partition coefficient (Wildman–Crippen LogP) is 2.56. The summed E-state index contributed by atoms with van der Waals surface area (Å²) in [4.78, 5) is 2.65. The Labute approximate surface area is 123 Å². The summed E-state index contributed by atoms with van der Waals surface area (Å²) in [6.45, 7) is 10.3. The number of hydrogen-bond donors (Lipinski definition) is 1. The van der Waals surface area contributed by atoms with Gasteiger partial charge in [0.2, 0.25) is 0 Å². The Morgan fingerprint density at radius 1 is 1.30 bits per heavy atom. The van der Waals surface area contributed by atoms with E-state index in [9.17, 15) is 0 Å². The molecule has 112 valence electrons. The Kier molecular flexibility index (Phi) is 5.44. The summed E-state index contributed by atoms with van der Waals surface area (Å²) in [6.07, 6.45) is 1.11. The van der Waals surface area contributed by atoms with Crippen molar-refractivity contribution in [3.05, 3.63) is 29.8 Å². The zero-order valence-corrected chi connectivity index (χ0v) is 13.2. The topological polar surface area (TPSA) is 24.5 Å². The molecule has 1 aromatic carbocycles. The SMILES string of the molecule is COc1ccc(CCN2CC(C)NCC2C(C)C)cc1. The highest BCUT2D eigenvalue weighted by Gasteiger charge is 2.27. The average molecular weight is 276 g/mol. The number of hydrogen-bond acceptors (Lipinski definition) is 3. The van der Waals surface area contributed by atoms with Gasteiger partial charge in [0.05, 0.1) is 7.11 Å². The Hall–Kier alpha value is -1.06. The lowest BCUT2D eigenvalue weighted by molar-refractivity contribution is 0.104. The second-order valence-electron chi connectivity index (χ2n) is 6.21. The molecule has 0 aromatic heterocycles. The van der Waals surface area contributed by atoms with E-state index >= 15 is 0 Å². The molecule has 1 aliphatic rings. The van der Waals surface area contributed by atoms with Gasteiger partial charge in [-0.3, -0.25) is 4.90 Å². The highest BCUT2D eigenvalue weighted by molar-refractivity contribution is 5.27. The fraction of sp³-hybridized carbons (Fsp3) is 0.647. The van der Waals surface area contributed by atoms with Crippen molar-refractivity contribution in [1.29, 1.82) is 0 Å². The molecule has 1 saturated heterocycles. The van der Waals surface area contributed by atoms with Gasteiger partial charge in [-0.25, -0.2) is 0 Å². The van der Waals surface area contributed by atoms with E-state index in [-0.39, 0.29) is 0 Å². The maximum Gasteiger partial charge on any atom is 0.118 e. The van der Waals surface area contributed by atoms with Crippen LogP contribution in [0.3, 0.4) is 0 Å². The summed E-state index contributed by atoms with van der Waals surface area (Å²) in [6, 6.07) is 9.71. The lowest BCUT2D eigenvalue weighted by atomic mass is 9.98. The number of benzene rings is 1. The van der Waals surface area contributed by atoms with E-state index in [1.54, 1.807) is 7.11 Å². The summed E-state index contributed by atoms with van der Waals surface area (Å²) < 4.78 is 5.21. The molecule has 2 rings (SSSR count). The van der Waals surface area contributed by atoms with Crippen molar-refractivity contribution in [3.8, 4) is 5.75 Å². The van der Waals surface area contributed by atoms with Gasteiger partial charge in [-0.2, -0.15) is 0 Å². The Balaban J connectivity index is 1.92. The second-order valence-corrected chi connectivity index (χ2v) is 6.21. The third-order valence-corrected chi connectivity index (χ3v) is 4.27. The van der Waals surface area contributed by atoms with Crippen LogP contribution in [0.2, 0.25) is 0 Å². The molecule has 2 unspecified atom stereocenters. The molecule has 1 heterocycles. The Morgan fingerprint density at radius 3 is 2.60 bits per heavy atom. The monoisotopic (exact) mass is 276 g/mol. The van der Waals surface area contributed by atoms with Gasteiger partial charge in [-0.1, -0.05) is 26.0 Å². The molecule has 3 heteroatoms. The van der Waals surface area contributed by atoms with Crippen molar-refractivity contribution in [3.63, 3.8) is 0 Å². The predicted molar refractivity (Wildman–Crippen MR) is 84.4 cm³/mol. The van der Waals surface area contributed by atoms with Gasteiger partial charge < -0.3 is 10.1 Å². The third kappa shape index (κ3) is 3.97. The van der Waals surface area contributed by atoms with Crippen LogP contribution in [0.1, 0.15) is 26.3 Å². The molecule has 0 saturated carbocycles. The Bertz CT molecular complexity index is 402. The van der Waals surface area contributed by atoms with Crippen molar-refractivity contribution in [2.45, 2.75) is 39.3 Å². The molecule has 0 spiro atoms. The first-order chi connectivity index (χ1) is 9.60. The fourth-order valence-electron chi connectivity index (χ4n) is 2.98. The van der Waals surface area contributed by atoms with Crippen LogP contribution < -0.4 is 10.1 Å². The van der Waals surface area contributed by atoms with Crippen molar-refractivity contribution in [1.82, 2.24) is 10.2 Å². The molecule has 2 atom stereocenters. The second kappa shape index (κ2) is 7.09. The van der Waals surface area contributed by atoms with Gasteiger partial charge in [0, 0.05) is 31.7 Å². The molecule has 1 N–H and O–H groups in total.